The van der Waals surface area contributed by atoms with Gasteiger partial charge in [0, 0.05) is 32.4 Å². The highest BCUT2D eigenvalue weighted by Gasteiger charge is 2.37. The molecule has 1 aliphatic heterocycles. The standard InChI is InChI=1S/C16H14F4N4O/c17-11-3-4-13(16(18,19)20)12(10-11)15(25)24-8-6-23(7-9-24)14-2-1-5-21-22-14/h1-5,10H,6-9H2. The van der Waals surface area contributed by atoms with Crippen LogP contribution in [0, 0.1) is 5.82 Å². The lowest BCUT2D eigenvalue weighted by Gasteiger charge is -2.35. The number of carbonyl (C=O) groups is 1. The molecule has 1 fully saturated rings. The van der Waals surface area contributed by atoms with E-state index in [-0.39, 0.29) is 13.1 Å². The first-order valence-corrected chi connectivity index (χ1v) is 7.55. The molecule has 0 bridgehead atoms. The molecule has 0 saturated carbocycles. The maximum absolute atomic E-state index is 13.4. The predicted octanol–water partition coefficient (Wildman–Crippen LogP) is 2.60. The lowest BCUT2D eigenvalue weighted by molar-refractivity contribution is -0.138. The highest BCUT2D eigenvalue weighted by Crippen LogP contribution is 2.33. The van der Waals surface area contributed by atoms with E-state index in [1.807, 2.05) is 4.90 Å². The molecular formula is C16H14F4N4O. The Morgan fingerprint density at radius 1 is 1.08 bits per heavy atom. The number of rotatable bonds is 2. The number of amides is 1. The van der Waals surface area contributed by atoms with Crippen molar-refractivity contribution in [1.29, 1.82) is 0 Å². The molecule has 0 aliphatic carbocycles. The van der Waals surface area contributed by atoms with Crippen LogP contribution in [0.4, 0.5) is 23.4 Å². The van der Waals surface area contributed by atoms with Gasteiger partial charge >= 0.3 is 6.18 Å². The normalized spacial score (nSPS) is 15.4. The van der Waals surface area contributed by atoms with Gasteiger partial charge in [-0.1, -0.05) is 0 Å². The van der Waals surface area contributed by atoms with E-state index in [4.69, 9.17) is 0 Å². The smallest absolute Gasteiger partial charge is 0.352 e. The highest BCUT2D eigenvalue weighted by atomic mass is 19.4. The van der Waals surface area contributed by atoms with Crippen molar-refractivity contribution in [2.24, 2.45) is 0 Å². The van der Waals surface area contributed by atoms with Gasteiger partial charge in [0.05, 0.1) is 11.1 Å². The zero-order chi connectivity index (χ0) is 18.0. The molecule has 132 valence electrons. The van der Waals surface area contributed by atoms with Crippen LogP contribution in [0.3, 0.4) is 0 Å². The number of anilines is 1. The van der Waals surface area contributed by atoms with Crippen molar-refractivity contribution in [3.8, 4) is 0 Å². The third kappa shape index (κ3) is 3.70. The van der Waals surface area contributed by atoms with E-state index in [1.54, 1.807) is 12.1 Å². The summed E-state index contributed by atoms with van der Waals surface area (Å²) < 4.78 is 52.6. The minimum absolute atomic E-state index is 0.212. The van der Waals surface area contributed by atoms with Crippen molar-refractivity contribution in [2.75, 3.05) is 31.1 Å². The molecule has 1 aliphatic rings. The Morgan fingerprint density at radius 2 is 1.80 bits per heavy atom. The summed E-state index contributed by atoms with van der Waals surface area (Å²) in [6.07, 6.45) is -3.19. The van der Waals surface area contributed by atoms with Crippen LogP contribution in [0.15, 0.2) is 36.5 Å². The SMILES string of the molecule is O=C(c1cc(F)ccc1C(F)(F)F)N1CCN(c2cccnn2)CC1. The fourth-order valence-corrected chi connectivity index (χ4v) is 2.71. The number of aromatic nitrogens is 2. The summed E-state index contributed by atoms with van der Waals surface area (Å²) in [5.41, 5.74) is -1.80. The van der Waals surface area contributed by atoms with Crippen LogP contribution in [-0.2, 0) is 6.18 Å². The van der Waals surface area contributed by atoms with Gasteiger partial charge in [-0.3, -0.25) is 4.79 Å². The van der Waals surface area contributed by atoms with Crippen LogP contribution in [0.5, 0.6) is 0 Å². The molecule has 3 rings (SSSR count). The fourth-order valence-electron chi connectivity index (χ4n) is 2.71. The van der Waals surface area contributed by atoms with Crippen LogP contribution < -0.4 is 4.90 Å². The van der Waals surface area contributed by atoms with Gasteiger partial charge in [-0.2, -0.15) is 18.3 Å². The van der Waals surface area contributed by atoms with Crippen molar-refractivity contribution >= 4 is 11.7 Å². The molecule has 1 saturated heterocycles. The molecule has 0 spiro atoms. The molecule has 0 atom stereocenters. The molecule has 9 heteroatoms. The third-order valence-electron chi connectivity index (χ3n) is 3.97. The molecule has 1 amide bonds. The van der Waals surface area contributed by atoms with E-state index in [9.17, 15) is 22.4 Å². The van der Waals surface area contributed by atoms with Gasteiger partial charge in [-0.05, 0) is 30.3 Å². The average Bonchev–Trinajstić information content (AvgIpc) is 2.61. The topological polar surface area (TPSA) is 49.3 Å². The molecule has 0 unspecified atom stereocenters. The molecule has 25 heavy (non-hydrogen) atoms. The fraction of sp³-hybridized carbons (Fsp3) is 0.312. The van der Waals surface area contributed by atoms with Gasteiger partial charge in [0.1, 0.15) is 5.82 Å². The first-order valence-electron chi connectivity index (χ1n) is 7.55. The van der Waals surface area contributed by atoms with Crippen molar-refractivity contribution in [1.82, 2.24) is 15.1 Å². The zero-order valence-corrected chi connectivity index (χ0v) is 13.0. The molecule has 5 nitrogen and oxygen atoms in total. The number of nitrogens with zero attached hydrogens (tertiary/aromatic N) is 4. The van der Waals surface area contributed by atoms with Crippen molar-refractivity contribution in [3.63, 3.8) is 0 Å². The van der Waals surface area contributed by atoms with Crippen LogP contribution in [0.1, 0.15) is 15.9 Å². The maximum atomic E-state index is 13.4. The molecule has 2 heterocycles. The zero-order valence-electron chi connectivity index (χ0n) is 13.0. The predicted molar refractivity (Wildman–Crippen MR) is 81.6 cm³/mol. The van der Waals surface area contributed by atoms with Crippen molar-refractivity contribution < 1.29 is 22.4 Å². The Kier molecular flexibility index (Phi) is 4.56. The van der Waals surface area contributed by atoms with Gasteiger partial charge in [-0.15, -0.1) is 5.10 Å². The van der Waals surface area contributed by atoms with Crippen LogP contribution in [0.2, 0.25) is 0 Å². The highest BCUT2D eigenvalue weighted by molar-refractivity contribution is 5.96. The summed E-state index contributed by atoms with van der Waals surface area (Å²) in [4.78, 5) is 15.6. The van der Waals surface area contributed by atoms with Crippen LogP contribution in [-0.4, -0.2) is 47.2 Å². The number of carbonyl (C=O) groups excluding carboxylic acids is 1. The summed E-state index contributed by atoms with van der Waals surface area (Å²) >= 11 is 0. The number of alkyl halides is 3. The quantitative estimate of drug-likeness (QED) is 0.778. The Balaban J connectivity index is 1.76. The van der Waals surface area contributed by atoms with Gasteiger partial charge < -0.3 is 9.80 Å². The van der Waals surface area contributed by atoms with Gasteiger partial charge in [0.25, 0.3) is 5.91 Å². The number of hydrogen-bond acceptors (Lipinski definition) is 4. The Hall–Kier alpha value is -2.71. The van der Waals surface area contributed by atoms with Gasteiger partial charge in [0.2, 0.25) is 0 Å². The molecule has 1 aromatic carbocycles. The Labute approximate surface area is 140 Å². The summed E-state index contributed by atoms with van der Waals surface area (Å²) in [5, 5.41) is 7.73. The monoisotopic (exact) mass is 354 g/mol. The molecule has 0 N–H and O–H groups in total. The summed E-state index contributed by atoms with van der Waals surface area (Å²) in [6, 6.07) is 5.42. The van der Waals surface area contributed by atoms with Crippen molar-refractivity contribution in [2.45, 2.75) is 6.18 Å². The van der Waals surface area contributed by atoms with E-state index in [1.165, 1.54) is 11.1 Å². The second-order valence-electron chi connectivity index (χ2n) is 5.55. The summed E-state index contributed by atoms with van der Waals surface area (Å²) in [5.74, 6) is -1.07. The number of benzene rings is 1. The molecule has 1 aromatic heterocycles. The third-order valence-corrected chi connectivity index (χ3v) is 3.97. The second kappa shape index (κ2) is 6.66. The van der Waals surface area contributed by atoms with Gasteiger partial charge in [-0.25, -0.2) is 4.39 Å². The van der Waals surface area contributed by atoms with E-state index < -0.39 is 29.0 Å². The van der Waals surface area contributed by atoms with E-state index in [0.29, 0.717) is 37.1 Å². The largest absolute Gasteiger partial charge is 0.417 e. The van der Waals surface area contributed by atoms with E-state index >= 15 is 0 Å². The minimum atomic E-state index is -4.72. The minimum Gasteiger partial charge on any atom is -0.352 e. The molecule has 2 aromatic rings. The molecular weight excluding hydrogens is 340 g/mol. The lowest BCUT2D eigenvalue weighted by atomic mass is 10.0. The molecule has 0 radical (unpaired) electrons. The Bertz CT molecular complexity index is 758. The number of piperazine rings is 1. The first-order chi connectivity index (χ1) is 11.9. The number of halogens is 4. The Morgan fingerprint density at radius 3 is 2.40 bits per heavy atom. The lowest BCUT2D eigenvalue weighted by Crippen LogP contribution is -2.49. The van der Waals surface area contributed by atoms with E-state index in [0.717, 1.165) is 0 Å². The summed E-state index contributed by atoms with van der Waals surface area (Å²) in [7, 11) is 0. The maximum Gasteiger partial charge on any atom is 0.417 e. The second-order valence-corrected chi connectivity index (χ2v) is 5.55. The summed E-state index contributed by atoms with van der Waals surface area (Å²) in [6.45, 7) is 1.23. The van der Waals surface area contributed by atoms with Crippen LogP contribution in [0.25, 0.3) is 0 Å². The first kappa shape index (κ1) is 17.1. The van der Waals surface area contributed by atoms with E-state index in [2.05, 4.69) is 10.2 Å². The van der Waals surface area contributed by atoms with Crippen molar-refractivity contribution in [3.05, 3.63) is 53.5 Å². The van der Waals surface area contributed by atoms with Gasteiger partial charge in [0.15, 0.2) is 5.82 Å². The average molecular weight is 354 g/mol. The number of hydrogen-bond donors (Lipinski definition) is 0. The van der Waals surface area contributed by atoms with Crippen LogP contribution >= 0.6 is 0 Å².